The third-order valence-corrected chi connectivity index (χ3v) is 2.26. The minimum Gasteiger partial charge on any atom is -0.138 e. The van der Waals surface area contributed by atoms with Gasteiger partial charge < -0.3 is 0 Å². The van der Waals surface area contributed by atoms with E-state index in [0.29, 0.717) is 0 Å². The molecule has 1 aromatic rings. The predicted octanol–water partition coefficient (Wildman–Crippen LogP) is 2.47. The van der Waals surface area contributed by atoms with Gasteiger partial charge in [-0.3, -0.25) is 0 Å². The van der Waals surface area contributed by atoms with Gasteiger partial charge in [-0.25, -0.2) is 0 Å². The fourth-order valence-corrected chi connectivity index (χ4v) is 1.35. The lowest BCUT2D eigenvalue weighted by Crippen LogP contribution is -1.38. The van der Waals surface area contributed by atoms with E-state index in [2.05, 4.69) is 34.0 Å². The number of hydrogen-bond acceptors (Lipinski definition) is 1. The average molecular weight is 212 g/mol. The molecule has 0 fully saturated rings. The van der Waals surface area contributed by atoms with Gasteiger partial charge in [-0.2, -0.15) is 0 Å². The molecule has 0 aliphatic rings. The Morgan fingerprint density at radius 2 is 2.67 bits per heavy atom. The molecule has 0 aliphatic heterocycles. The molecule has 1 aromatic heterocycles. The molecule has 0 bridgehead atoms. The second-order valence-electron chi connectivity index (χ2n) is 0.917. The van der Waals surface area contributed by atoms with E-state index in [1.807, 2.05) is 6.07 Å². The Balaban J connectivity index is 0.000000360. The van der Waals surface area contributed by atoms with Crippen LogP contribution in [0.1, 0.15) is 1.43 Å². The van der Waals surface area contributed by atoms with Crippen LogP contribution in [0.4, 0.5) is 0 Å². The zero-order valence-electron chi connectivity index (χ0n) is 4.02. The third kappa shape index (κ3) is 0.944. The molecule has 1 radical (unpaired) electrons. The molecule has 0 atom stereocenters. The van der Waals surface area contributed by atoms with Crippen molar-refractivity contribution in [3.63, 3.8) is 0 Å². The first kappa shape index (κ1) is 4.59. The highest BCUT2D eigenvalue weighted by atomic mass is 127. The van der Waals surface area contributed by atoms with Crippen LogP contribution in [0.2, 0.25) is 0 Å². The largest absolute Gasteiger partial charge is 0.138 e. The lowest BCUT2D eigenvalue weighted by atomic mass is 10.7. The van der Waals surface area contributed by atoms with E-state index in [1.165, 1.54) is 2.88 Å². The van der Waals surface area contributed by atoms with Gasteiger partial charge >= 0.3 is 0 Å². The molecule has 0 saturated carbocycles. The van der Waals surface area contributed by atoms with E-state index in [4.69, 9.17) is 0 Å². The summed E-state index contributed by atoms with van der Waals surface area (Å²) in [7, 11) is 0. The van der Waals surface area contributed by atoms with Crippen molar-refractivity contribution >= 4 is 33.9 Å². The van der Waals surface area contributed by atoms with Gasteiger partial charge in [0, 0.05) is 1.43 Å². The third-order valence-electron chi connectivity index (χ3n) is 0.486. The summed E-state index contributed by atoms with van der Waals surface area (Å²) in [5.41, 5.74) is 0. The Morgan fingerprint density at radius 1 is 1.83 bits per heavy atom. The van der Waals surface area contributed by atoms with Crippen LogP contribution in [-0.4, -0.2) is 0 Å². The van der Waals surface area contributed by atoms with Gasteiger partial charge in [-0.05, 0) is 34.0 Å². The van der Waals surface area contributed by atoms with Crippen LogP contribution in [0.25, 0.3) is 0 Å². The van der Waals surface area contributed by atoms with E-state index in [0.717, 1.165) is 0 Å². The van der Waals surface area contributed by atoms with Crippen molar-refractivity contribution in [1.29, 1.82) is 0 Å². The van der Waals surface area contributed by atoms with Gasteiger partial charge in [0.05, 0.1) is 2.88 Å². The fraction of sp³-hybridized carbons (Fsp3) is 0. The molecule has 1 rings (SSSR count). The number of hydrogen-bond donors (Lipinski definition) is 0. The maximum absolute atomic E-state index is 2.29. The zero-order valence-corrected chi connectivity index (χ0v) is 5.99. The van der Waals surface area contributed by atoms with Crippen molar-refractivity contribution in [3.8, 4) is 0 Å². The molecule has 0 saturated heterocycles. The molecule has 1 heterocycles. The summed E-state index contributed by atoms with van der Waals surface area (Å²) in [6.07, 6.45) is 0. The smallest absolute Gasteiger partial charge is 0.0653 e. The van der Waals surface area contributed by atoms with E-state index < -0.39 is 0 Å². The molecule has 2 heteroatoms. The van der Waals surface area contributed by atoms with Crippen LogP contribution in [0.5, 0.6) is 0 Å². The molecule has 6 heavy (non-hydrogen) atoms. The Bertz CT molecular complexity index is 115. The van der Waals surface area contributed by atoms with Crippen LogP contribution in [0.15, 0.2) is 17.5 Å². The van der Waals surface area contributed by atoms with E-state index >= 15 is 0 Å². The molecule has 0 aromatic carbocycles. The van der Waals surface area contributed by atoms with E-state index in [1.54, 1.807) is 11.3 Å². The van der Waals surface area contributed by atoms with Crippen molar-refractivity contribution in [2.45, 2.75) is 0 Å². The van der Waals surface area contributed by atoms with E-state index in [9.17, 15) is 0 Å². The van der Waals surface area contributed by atoms with Crippen LogP contribution >= 0.6 is 33.9 Å². The van der Waals surface area contributed by atoms with Gasteiger partial charge in [0.25, 0.3) is 0 Å². The first-order valence-electron chi connectivity index (χ1n) is 1.58. The van der Waals surface area contributed by atoms with Crippen LogP contribution < -0.4 is 0 Å². The zero-order chi connectivity index (χ0) is 4.41. The highest BCUT2D eigenvalue weighted by Gasteiger charge is 1.77. The first-order valence-corrected chi connectivity index (χ1v) is 3.54. The summed E-state index contributed by atoms with van der Waals surface area (Å²) in [6, 6.07) is 4.14. The Morgan fingerprint density at radius 3 is 2.83 bits per heavy atom. The van der Waals surface area contributed by atoms with Crippen LogP contribution in [0.3, 0.4) is 0 Å². The molecular formula is C4H4IS. The van der Waals surface area contributed by atoms with E-state index in [-0.39, 0.29) is 1.43 Å². The highest BCUT2D eigenvalue weighted by molar-refractivity contribution is 14.1. The predicted molar refractivity (Wildman–Crippen MR) is 38.1 cm³/mol. The second kappa shape index (κ2) is 1.93. The normalized spacial score (nSPS) is 8.83. The number of rotatable bonds is 0. The summed E-state index contributed by atoms with van der Waals surface area (Å²) in [6.45, 7) is 0. The molecular weight excluding hydrogens is 207 g/mol. The minimum absolute atomic E-state index is 0. The molecule has 0 nitrogen and oxygen atoms in total. The fourth-order valence-electron chi connectivity index (χ4n) is 0.259. The number of thiophene rings is 1. The topological polar surface area (TPSA) is 0 Å². The summed E-state index contributed by atoms with van der Waals surface area (Å²) in [5, 5.41) is 2.07. The summed E-state index contributed by atoms with van der Waals surface area (Å²) < 4.78 is 1.35. The Hall–Kier alpha value is 0.430. The average Bonchev–Trinajstić information content (AvgIpc) is 1.86. The van der Waals surface area contributed by atoms with Crippen molar-refractivity contribution in [2.75, 3.05) is 0 Å². The Labute approximate surface area is 55.8 Å². The summed E-state index contributed by atoms with van der Waals surface area (Å²) in [4.78, 5) is 0. The van der Waals surface area contributed by atoms with Crippen molar-refractivity contribution < 1.29 is 1.43 Å². The lowest BCUT2D eigenvalue weighted by molar-refractivity contribution is 1.97. The standard InChI is InChI=1S/C4H3IS.H/c5-4-2-1-3-6-4;/h1-3H;/i;1+1. The minimum atomic E-state index is 0. The molecule has 33 valence electrons. The SMILES string of the molecule is Ic1cccs1.[2H]. The maximum Gasteiger partial charge on any atom is 0.0653 e. The van der Waals surface area contributed by atoms with Crippen LogP contribution in [-0.2, 0) is 0 Å². The van der Waals surface area contributed by atoms with Crippen molar-refractivity contribution in [3.05, 3.63) is 20.4 Å². The molecule has 0 N–H and O–H groups in total. The molecule has 0 spiro atoms. The monoisotopic (exact) mass is 212 g/mol. The maximum atomic E-state index is 2.29. The van der Waals surface area contributed by atoms with Crippen LogP contribution in [0, 0.1) is 2.88 Å². The first-order chi connectivity index (χ1) is 2.89. The molecule has 0 amide bonds. The summed E-state index contributed by atoms with van der Waals surface area (Å²) in [5.74, 6) is 0. The van der Waals surface area contributed by atoms with Gasteiger partial charge in [0.2, 0.25) is 0 Å². The highest BCUT2D eigenvalue weighted by Crippen LogP contribution is 2.09. The van der Waals surface area contributed by atoms with Crippen molar-refractivity contribution in [2.24, 2.45) is 0 Å². The second-order valence-corrected chi connectivity index (χ2v) is 3.76. The number of halogens is 1. The quantitative estimate of drug-likeness (QED) is 0.579. The molecule has 0 unspecified atom stereocenters. The Kier molecular flexibility index (Phi) is 1.48. The van der Waals surface area contributed by atoms with Gasteiger partial charge in [0.1, 0.15) is 0 Å². The van der Waals surface area contributed by atoms with Gasteiger partial charge in [-0.1, -0.05) is 6.07 Å². The molecule has 0 aliphatic carbocycles. The van der Waals surface area contributed by atoms with Gasteiger partial charge in [-0.15, -0.1) is 11.3 Å². The van der Waals surface area contributed by atoms with Crippen molar-refractivity contribution in [1.82, 2.24) is 0 Å². The van der Waals surface area contributed by atoms with Gasteiger partial charge in [0.15, 0.2) is 0 Å². The summed E-state index contributed by atoms with van der Waals surface area (Å²) >= 11 is 4.06. The lowest BCUT2D eigenvalue weighted by Gasteiger charge is -1.62.